The molecule has 5 nitrogen and oxygen atoms in total. The van der Waals surface area contributed by atoms with E-state index in [0.717, 1.165) is 39.3 Å². The Morgan fingerprint density at radius 1 is 1.23 bits per heavy atom. The Morgan fingerprint density at radius 3 is 2.73 bits per heavy atom. The molecule has 0 radical (unpaired) electrons. The van der Waals surface area contributed by atoms with Gasteiger partial charge in [-0.3, -0.25) is 4.79 Å². The molecule has 0 bridgehead atoms. The summed E-state index contributed by atoms with van der Waals surface area (Å²) in [6.07, 6.45) is 2.06. The van der Waals surface area contributed by atoms with E-state index in [-0.39, 0.29) is 11.2 Å². The van der Waals surface area contributed by atoms with Crippen LogP contribution in [0.25, 0.3) is 10.2 Å². The van der Waals surface area contributed by atoms with Crippen LogP contribution in [-0.4, -0.2) is 22.4 Å². The summed E-state index contributed by atoms with van der Waals surface area (Å²) in [5.74, 6) is 0.696. The topological polar surface area (TPSA) is 66.9 Å². The number of fused-ring (bicyclic) bond motifs is 1. The number of rotatable bonds is 7. The summed E-state index contributed by atoms with van der Waals surface area (Å²) < 4.78 is 0. The highest BCUT2D eigenvalue weighted by molar-refractivity contribution is 7.18. The largest absolute Gasteiger partial charge is 0.365 e. The maximum atomic E-state index is 12.0. The summed E-state index contributed by atoms with van der Waals surface area (Å²) in [4.78, 5) is 22.6. The van der Waals surface area contributed by atoms with E-state index in [4.69, 9.17) is 11.6 Å². The molecule has 0 atom stereocenters. The fourth-order valence-corrected chi connectivity index (χ4v) is 3.69. The minimum atomic E-state index is -0.0315. The van der Waals surface area contributed by atoms with E-state index in [1.165, 1.54) is 0 Å². The minimum Gasteiger partial charge on any atom is -0.365 e. The molecular formula is C19H21ClN4OS. The molecule has 3 rings (SSSR count). The van der Waals surface area contributed by atoms with Crippen molar-refractivity contribution < 1.29 is 4.79 Å². The minimum absolute atomic E-state index is 0.0315. The highest BCUT2D eigenvalue weighted by Crippen LogP contribution is 2.29. The zero-order valence-corrected chi connectivity index (χ0v) is 16.4. The second kappa shape index (κ2) is 8.47. The fraction of sp³-hybridized carbons (Fsp3) is 0.316. The number of halogens is 1. The second-order valence-corrected chi connectivity index (χ2v) is 7.65. The number of hydrogen-bond acceptors (Lipinski definition) is 5. The number of thiophene rings is 1. The predicted octanol–water partition coefficient (Wildman–Crippen LogP) is 4.80. The molecule has 0 unspecified atom stereocenters. The highest BCUT2D eigenvalue weighted by Gasteiger charge is 2.10. The third-order valence-corrected chi connectivity index (χ3v) is 5.09. The number of unbranched alkanes of at least 4 members (excludes halogenated alkanes) is 1. The molecule has 0 aliphatic carbocycles. The van der Waals surface area contributed by atoms with Gasteiger partial charge in [0.2, 0.25) is 5.28 Å². The molecule has 1 amide bonds. The number of nitrogens with one attached hydrogen (secondary N) is 2. The van der Waals surface area contributed by atoms with Gasteiger partial charge in [-0.05, 0) is 48.7 Å². The van der Waals surface area contributed by atoms with E-state index in [9.17, 15) is 4.79 Å². The SMILES string of the molecule is CCCCNC(=O)c1ccc(CNc2nc(Cl)nc3sc(C)cc23)cc1. The Morgan fingerprint density at radius 2 is 2.00 bits per heavy atom. The first kappa shape index (κ1) is 18.6. The molecule has 26 heavy (non-hydrogen) atoms. The number of carbonyl (C=O) groups is 1. The number of carbonyl (C=O) groups excluding carboxylic acids is 1. The van der Waals surface area contributed by atoms with Crippen molar-refractivity contribution in [3.63, 3.8) is 0 Å². The van der Waals surface area contributed by atoms with E-state index >= 15 is 0 Å². The Hall–Kier alpha value is -2.18. The van der Waals surface area contributed by atoms with Crippen molar-refractivity contribution in [2.24, 2.45) is 0 Å². The van der Waals surface area contributed by atoms with Crippen molar-refractivity contribution in [3.8, 4) is 0 Å². The lowest BCUT2D eigenvalue weighted by Gasteiger charge is -2.08. The summed E-state index contributed by atoms with van der Waals surface area (Å²) in [5, 5.41) is 7.45. The summed E-state index contributed by atoms with van der Waals surface area (Å²) in [7, 11) is 0. The van der Waals surface area contributed by atoms with Crippen molar-refractivity contribution in [1.82, 2.24) is 15.3 Å². The normalized spacial score (nSPS) is 10.9. The van der Waals surface area contributed by atoms with Crippen molar-refractivity contribution in [2.45, 2.75) is 33.2 Å². The maximum absolute atomic E-state index is 12.0. The van der Waals surface area contributed by atoms with E-state index in [2.05, 4.69) is 33.6 Å². The van der Waals surface area contributed by atoms with Gasteiger partial charge in [-0.1, -0.05) is 25.5 Å². The first-order valence-electron chi connectivity index (χ1n) is 8.61. The molecular weight excluding hydrogens is 368 g/mol. The van der Waals surface area contributed by atoms with Gasteiger partial charge >= 0.3 is 0 Å². The van der Waals surface area contributed by atoms with E-state index in [1.54, 1.807) is 11.3 Å². The monoisotopic (exact) mass is 388 g/mol. The summed E-state index contributed by atoms with van der Waals surface area (Å²) >= 11 is 7.62. The molecule has 0 aliphatic rings. The van der Waals surface area contributed by atoms with Gasteiger partial charge < -0.3 is 10.6 Å². The molecule has 0 saturated carbocycles. The van der Waals surface area contributed by atoms with E-state index in [0.29, 0.717) is 18.7 Å². The second-order valence-electron chi connectivity index (χ2n) is 6.08. The van der Waals surface area contributed by atoms with Gasteiger partial charge in [-0.25, -0.2) is 9.97 Å². The van der Waals surface area contributed by atoms with Crippen LogP contribution in [0.5, 0.6) is 0 Å². The van der Waals surface area contributed by atoms with Crippen LogP contribution in [0.3, 0.4) is 0 Å². The maximum Gasteiger partial charge on any atom is 0.251 e. The molecule has 7 heteroatoms. The Labute approximate surface area is 161 Å². The lowest BCUT2D eigenvalue weighted by atomic mass is 10.1. The molecule has 2 N–H and O–H groups in total. The van der Waals surface area contributed by atoms with Crippen LogP contribution in [0.15, 0.2) is 30.3 Å². The highest BCUT2D eigenvalue weighted by atomic mass is 35.5. The van der Waals surface area contributed by atoms with Crippen molar-refractivity contribution in [1.29, 1.82) is 0 Å². The molecule has 1 aromatic carbocycles. The van der Waals surface area contributed by atoms with Crippen LogP contribution in [0, 0.1) is 6.92 Å². The van der Waals surface area contributed by atoms with Crippen LogP contribution in [0.2, 0.25) is 5.28 Å². The lowest BCUT2D eigenvalue weighted by molar-refractivity contribution is 0.0953. The first-order chi connectivity index (χ1) is 12.6. The third-order valence-electron chi connectivity index (χ3n) is 3.98. The predicted molar refractivity (Wildman–Crippen MR) is 108 cm³/mol. The molecule has 2 heterocycles. The molecule has 0 spiro atoms. The molecule has 0 saturated heterocycles. The van der Waals surface area contributed by atoms with E-state index in [1.807, 2.05) is 31.2 Å². The van der Waals surface area contributed by atoms with Gasteiger partial charge in [0, 0.05) is 23.5 Å². The lowest BCUT2D eigenvalue weighted by Crippen LogP contribution is -2.24. The number of aryl methyl sites for hydroxylation is 1. The number of hydrogen-bond donors (Lipinski definition) is 2. The zero-order valence-electron chi connectivity index (χ0n) is 14.8. The van der Waals surface area contributed by atoms with Crippen LogP contribution in [0.1, 0.15) is 40.6 Å². The Kier molecular flexibility index (Phi) is 6.06. The Balaban J connectivity index is 1.66. The van der Waals surface area contributed by atoms with E-state index < -0.39 is 0 Å². The van der Waals surface area contributed by atoms with Gasteiger partial charge in [-0.15, -0.1) is 11.3 Å². The molecule has 0 aliphatic heterocycles. The van der Waals surface area contributed by atoms with Crippen LogP contribution >= 0.6 is 22.9 Å². The number of nitrogens with zero attached hydrogens (tertiary/aromatic N) is 2. The van der Waals surface area contributed by atoms with Crippen molar-refractivity contribution >= 4 is 44.9 Å². The van der Waals surface area contributed by atoms with Gasteiger partial charge in [0.05, 0.1) is 5.39 Å². The Bertz CT molecular complexity index is 908. The molecule has 3 aromatic rings. The molecule has 0 fully saturated rings. The fourth-order valence-electron chi connectivity index (χ4n) is 2.59. The van der Waals surface area contributed by atoms with Crippen molar-refractivity contribution in [3.05, 3.63) is 51.6 Å². The first-order valence-corrected chi connectivity index (χ1v) is 9.81. The summed E-state index contributed by atoms with van der Waals surface area (Å²) in [6.45, 7) is 5.44. The van der Waals surface area contributed by atoms with Crippen LogP contribution in [0.4, 0.5) is 5.82 Å². The standard InChI is InChI=1S/C19H21ClN4OS/c1-3-4-9-21-17(25)14-7-5-13(6-8-14)11-22-16-15-10-12(2)26-18(15)24-19(20)23-16/h5-8,10H,3-4,9,11H2,1-2H3,(H,21,25)(H,22,23,24). The number of benzene rings is 1. The number of anilines is 1. The summed E-state index contributed by atoms with van der Waals surface area (Å²) in [6, 6.07) is 9.63. The van der Waals surface area contributed by atoms with Gasteiger partial charge in [0.15, 0.2) is 0 Å². The quantitative estimate of drug-likeness (QED) is 0.451. The molecule has 136 valence electrons. The van der Waals surface area contributed by atoms with Gasteiger partial charge in [-0.2, -0.15) is 0 Å². The van der Waals surface area contributed by atoms with Crippen LogP contribution in [-0.2, 0) is 6.54 Å². The number of amides is 1. The zero-order chi connectivity index (χ0) is 18.5. The molecule has 2 aromatic heterocycles. The van der Waals surface area contributed by atoms with Crippen LogP contribution < -0.4 is 10.6 Å². The average molecular weight is 389 g/mol. The third kappa shape index (κ3) is 4.51. The van der Waals surface area contributed by atoms with Gasteiger partial charge in [0.1, 0.15) is 10.6 Å². The van der Waals surface area contributed by atoms with Gasteiger partial charge in [0.25, 0.3) is 5.91 Å². The smallest absolute Gasteiger partial charge is 0.251 e. The van der Waals surface area contributed by atoms with Crippen molar-refractivity contribution in [2.75, 3.05) is 11.9 Å². The number of aromatic nitrogens is 2. The summed E-state index contributed by atoms with van der Waals surface area (Å²) in [5.41, 5.74) is 1.73. The average Bonchev–Trinajstić information content (AvgIpc) is 3.00.